The highest BCUT2D eigenvalue weighted by Gasteiger charge is 2.13. The van der Waals surface area contributed by atoms with Gasteiger partial charge in [0.1, 0.15) is 23.0 Å². The van der Waals surface area contributed by atoms with Crippen LogP contribution < -0.4 is 18.9 Å². The number of hydrogen-bond donors (Lipinski definition) is 0. The maximum atomic E-state index is 12.7. The van der Waals surface area contributed by atoms with Gasteiger partial charge in [-0.2, -0.15) is 0 Å². The molecular weight excluding hydrogens is 628 g/mol. The standard InChI is InChI=1S/C39H44O10/c1-4-36(40)45-27-11-7-6-10-26-44-32-18-14-30(15-19-32)38(42)48-34-22-24-35(25-23-34)49-39(43)31-16-20-33(21-17-31)47-29(3)13-9-8-12-28-46-37(41)5-2/h4-5,14-25,29H,1-2,6-13,26-28H2,3H3/t29-/m0/s1. The summed E-state index contributed by atoms with van der Waals surface area (Å²) in [7, 11) is 0. The summed E-state index contributed by atoms with van der Waals surface area (Å²) >= 11 is 0. The van der Waals surface area contributed by atoms with Gasteiger partial charge >= 0.3 is 23.9 Å². The molecule has 0 N–H and O–H groups in total. The second-order valence-electron chi connectivity index (χ2n) is 11.1. The number of carbonyl (C=O) groups excluding carboxylic acids is 4. The first-order chi connectivity index (χ1) is 23.8. The average Bonchev–Trinajstić information content (AvgIpc) is 3.11. The Morgan fingerprint density at radius 3 is 1.43 bits per heavy atom. The predicted molar refractivity (Wildman–Crippen MR) is 184 cm³/mol. The molecule has 0 bridgehead atoms. The number of unbranched alkanes of at least 4 members (excludes halogenated alkanes) is 5. The Kier molecular flexibility index (Phi) is 16.7. The topological polar surface area (TPSA) is 124 Å². The summed E-state index contributed by atoms with van der Waals surface area (Å²) in [6.07, 6.45) is 9.27. The number of ether oxygens (including phenoxy) is 6. The minimum Gasteiger partial charge on any atom is -0.494 e. The van der Waals surface area contributed by atoms with Crippen LogP contribution in [0, 0.1) is 0 Å². The van der Waals surface area contributed by atoms with Crippen molar-refractivity contribution >= 4 is 23.9 Å². The highest BCUT2D eigenvalue weighted by Crippen LogP contribution is 2.22. The van der Waals surface area contributed by atoms with E-state index in [1.807, 2.05) is 6.92 Å². The van der Waals surface area contributed by atoms with E-state index in [0.29, 0.717) is 53.9 Å². The lowest BCUT2D eigenvalue weighted by Crippen LogP contribution is -2.12. The molecule has 1 atom stereocenters. The van der Waals surface area contributed by atoms with Crippen molar-refractivity contribution in [3.05, 3.63) is 109 Å². The van der Waals surface area contributed by atoms with Crippen molar-refractivity contribution in [1.82, 2.24) is 0 Å². The third-order valence-electron chi connectivity index (χ3n) is 7.15. The molecular formula is C39H44O10. The van der Waals surface area contributed by atoms with Gasteiger partial charge in [0.2, 0.25) is 0 Å². The molecule has 0 aromatic heterocycles. The summed E-state index contributed by atoms with van der Waals surface area (Å²) in [6.45, 7) is 10.0. The Labute approximate surface area is 287 Å². The van der Waals surface area contributed by atoms with Gasteiger partial charge in [-0.05, 0) is 131 Å². The lowest BCUT2D eigenvalue weighted by molar-refractivity contribution is -0.138. The molecule has 0 radical (unpaired) electrons. The molecule has 0 spiro atoms. The normalized spacial score (nSPS) is 11.0. The van der Waals surface area contributed by atoms with Crippen molar-refractivity contribution in [2.24, 2.45) is 0 Å². The Morgan fingerprint density at radius 1 is 0.551 bits per heavy atom. The second kappa shape index (κ2) is 21.5. The third kappa shape index (κ3) is 14.9. The molecule has 0 aliphatic heterocycles. The Morgan fingerprint density at radius 2 is 0.959 bits per heavy atom. The number of rotatable bonds is 22. The Balaban J connectivity index is 1.34. The van der Waals surface area contributed by atoms with E-state index in [1.165, 1.54) is 0 Å². The summed E-state index contributed by atoms with van der Waals surface area (Å²) < 4.78 is 32.5. The van der Waals surface area contributed by atoms with Crippen molar-refractivity contribution in [3.8, 4) is 23.0 Å². The summed E-state index contributed by atoms with van der Waals surface area (Å²) in [6, 6.07) is 19.6. The van der Waals surface area contributed by atoms with Gasteiger partial charge in [0, 0.05) is 12.2 Å². The van der Waals surface area contributed by atoms with Gasteiger partial charge in [-0.15, -0.1) is 0 Å². The monoisotopic (exact) mass is 672 g/mol. The van der Waals surface area contributed by atoms with Gasteiger partial charge in [-0.1, -0.05) is 13.2 Å². The number of hydrogen-bond acceptors (Lipinski definition) is 10. The van der Waals surface area contributed by atoms with E-state index < -0.39 is 23.9 Å². The van der Waals surface area contributed by atoms with Crippen molar-refractivity contribution in [2.45, 2.75) is 64.4 Å². The Hall–Kier alpha value is -5.38. The van der Waals surface area contributed by atoms with Crippen molar-refractivity contribution in [3.63, 3.8) is 0 Å². The van der Waals surface area contributed by atoms with Crippen LogP contribution in [0.1, 0.15) is 79.0 Å². The van der Waals surface area contributed by atoms with Gasteiger partial charge in [-0.25, -0.2) is 19.2 Å². The van der Waals surface area contributed by atoms with E-state index >= 15 is 0 Å². The molecule has 10 nitrogen and oxygen atoms in total. The van der Waals surface area contributed by atoms with Gasteiger partial charge in [0.15, 0.2) is 0 Å². The van der Waals surface area contributed by atoms with Crippen LogP contribution in [0.5, 0.6) is 23.0 Å². The number of carbonyl (C=O) groups is 4. The highest BCUT2D eigenvalue weighted by atomic mass is 16.5. The fraction of sp³-hybridized carbons (Fsp3) is 0.333. The van der Waals surface area contributed by atoms with E-state index in [-0.39, 0.29) is 6.10 Å². The molecule has 3 aromatic rings. The zero-order chi connectivity index (χ0) is 35.3. The number of esters is 4. The summed E-state index contributed by atoms with van der Waals surface area (Å²) in [5.74, 6) is 0.0178. The lowest BCUT2D eigenvalue weighted by atomic mass is 10.1. The van der Waals surface area contributed by atoms with Crippen molar-refractivity contribution < 1.29 is 47.6 Å². The smallest absolute Gasteiger partial charge is 0.343 e. The quantitative estimate of drug-likeness (QED) is 0.0451. The van der Waals surface area contributed by atoms with Crippen molar-refractivity contribution in [2.75, 3.05) is 19.8 Å². The molecule has 260 valence electrons. The molecule has 0 aliphatic carbocycles. The minimum atomic E-state index is -0.532. The zero-order valence-electron chi connectivity index (χ0n) is 27.9. The Bertz CT molecular complexity index is 1490. The molecule has 10 heteroatoms. The molecule has 0 heterocycles. The van der Waals surface area contributed by atoms with Gasteiger partial charge in [0.05, 0.1) is 37.1 Å². The van der Waals surface area contributed by atoms with E-state index in [1.54, 1.807) is 72.8 Å². The largest absolute Gasteiger partial charge is 0.494 e. The first-order valence-electron chi connectivity index (χ1n) is 16.4. The molecule has 0 aliphatic rings. The minimum absolute atomic E-state index is 0.0179. The number of benzene rings is 3. The van der Waals surface area contributed by atoms with E-state index in [9.17, 15) is 19.2 Å². The molecule has 0 saturated carbocycles. The van der Waals surface area contributed by atoms with Crippen LogP contribution in [0.15, 0.2) is 98.1 Å². The van der Waals surface area contributed by atoms with Crippen LogP contribution in [0.3, 0.4) is 0 Å². The van der Waals surface area contributed by atoms with Gasteiger partial charge < -0.3 is 28.4 Å². The molecule has 3 rings (SSSR count). The summed E-state index contributed by atoms with van der Waals surface area (Å²) in [4.78, 5) is 47.3. The first-order valence-corrected chi connectivity index (χ1v) is 16.4. The van der Waals surface area contributed by atoms with Gasteiger partial charge in [0.25, 0.3) is 0 Å². The van der Waals surface area contributed by atoms with Crippen molar-refractivity contribution in [1.29, 1.82) is 0 Å². The molecule has 3 aromatic carbocycles. The van der Waals surface area contributed by atoms with E-state index in [0.717, 1.165) is 63.5 Å². The molecule has 0 unspecified atom stereocenters. The maximum Gasteiger partial charge on any atom is 0.343 e. The highest BCUT2D eigenvalue weighted by molar-refractivity contribution is 5.92. The fourth-order valence-corrected chi connectivity index (χ4v) is 4.48. The van der Waals surface area contributed by atoms with Crippen LogP contribution >= 0.6 is 0 Å². The maximum absolute atomic E-state index is 12.7. The third-order valence-corrected chi connectivity index (χ3v) is 7.15. The molecule has 0 amide bonds. The summed E-state index contributed by atoms with van der Waals surface area (Å²) in [5, 5.41) is 0. The van der Waals surface area contributed by atoms with Crippen LogP contribution in [-0.2, 0) is 19.1 Å². The lowest BCUT2D eigenvalue weighted by Gasteiger charge is -2.15. The first kappa shape index (κ1) is 38.1. The van der Waals surface area contributed by atoms with E-state index in [2.05, 4.69) is 13.2 Å². The fourth-order valence-electron chi connectivity index (χ4n) is 4.48. The van der Waals surface area contributed by atoms with E-state index in [4.69, 9.17) is 28.4 Å². The summed E-state index contributed by atoms with van der Waals surface area (Å²) in [5.41, 5.74) is 0.725. The second-order valence-corrected chi connectivity index (χ2v) is 11.1. The molecule has 0 fully saturated rings. The molecule has 49 heavy (non-hydrogen) atoms. The zero-order valence-corrected chi connectivity index (χ0v) is 27.9. The predicted octanol–water partition coefficient (Wildman–Crippen LogP) is 7.85. The van der Waals surface area contributed by atoms with Crippen LogP contribution in [0.2, 0.25) is 0 Å². The van der Waals surface area contributed by atoms with Crippen LogP contribution in [-0.4, -0.2) is 49.8 Å². The molecule has 0 saturated heterocycles. The SMILES string of the molecule is C=CC(=O)OCCCCCCOc1ccc(C(=O)Oc2ccc(OC(=O)c3ccc(O[C@@H](C)CCCCCOC(=O)C=C)cc3)cc2)cc1. The van der Waals surface area contributed by atoms with Crippen LogP contribution in [0.4, 0.5) is 0 Å². The average molecular weight is 673 g/mol. The van der Waals surface area contributed by atoms with Crippen LogP contribution in [0.25, 0.3) is 0 Å². The van der Waals surface area contributed by atoms with Gasteiger partial charge in [-0.3, -0.25) is 0 Å².